The van der Waals surface area contributed by atoms with Gasteiger partial charge >= 0.3 is 0 Å². The first-order chi connectivity index (χ1) is 11.4. The Morgan fingerprint density at radius 1 is 1.12 bits per heavy atom. The topological polar surface area (TPSA) is 42.2 Å². The third-order valence-electron chi connectivity index (χ3n) is 5.39. The molecule has 1 aliphatic rings. The molecule has 1 aromatic heterocycles. The second kappa shape index (κ2) is 6.42. The van der Waals surface area contributed by atoms with Crippen molar-refractivity contribution in [1.29, 1.82) is 0 Å². The van der Waals surface area contributed by atoms with E-state index in [0.717, 1.165) is 42.6 Å². The second-order valence-corrected chi connectivity index (χ2v) is 6.89. The number of furan rings is 1. The number of rotatable bonds is 4. The molecule has 24 heavy (non-hydrogen) atoms. The van der Waals surface area contributed by atoms with Crippen LogP contribution < -0.4 is 5.32 Å². The van der Waals surface area contributed by atoms with Crippen LogP contribution in [-0.4, -0.2) is 12.5 Å². The number of amides is 1. The number of carbonyl (C=O) groups excluding carboxylic acids is 1. The first-order valence-electron chi connectivity index (χ1n) is 8.54. The summed E-state index contributed by atoms with van der Waals surface area (Å²) in [6.07, 6.45) is 4.30. The summed E-state index contributed by atoms with van der Waals surface area (Å²) < 4.78 is 18.8. The van der Waals surface area contributed by atoms with Gasteiger partial charge in [0.15, 0.2) is 0 Å². The van der Waals surface area contributed by atoms with Crippen molar-refractivity contribution in [3.8, 4) is 0 Å². The van der Waals surface area contributed by atoms with E-state index in [-0.39, 0.29) is 17.1 Å². The standard InChI is InChI=1S/C20H24FNO2/c1-13-14(2)24-15(3)18(13)19(23)22-12-20(10-4-5-11-20)16-6-8-17(21)9-7-16/h6-9H,4-5,10-12H2,1-3H3,(H,22,23). The van der Waals surface area contributed by atoms with Crippen LogP contribution in [0.1, 0.15) is 58.7 Å². The minimum atomic E-state index is -0.226. The number of hydrogen-bond acceptors (Lipinski definition) is 2. The minimum Gasteiger partial charge on any atom is -0.466 e. The van der Waals surface area contributed by atoms with E-state index >= 15 is 0 Å². The van der Waals surface area contributed by atoms with Crippen molar-refractivity contribution >= 4 is 5.91 Å². The van der Waals surface area contributed by atoms with E-state index in [9.17, 15) is 9.18 Å². The Morgan fingerprint density at radius 3 is 2.29 bits per heavy atom. The van der Waals surface area contributed by atoms with Crippen molar-refractivity contribution < 1.29 is 13.6 Å². The predicted molar refractivity (Wildman–Crippen MR) is 91.8 cm³/mol. The quantitative estimate of drug-likeness (QED) is 0.892. The maximum Gasteiger partial charge on any atom is 0.255 e. The largest absolute Gasteiger partial charge is 0.466 e. The van der Waals surface area contributed by atoms with E-state index in [0.29, 0.717) is 17.9 Å². The molecule has 3 rings (SSSR count). The summed E-state index contributed by atoms with van der Waals surface area (Å²) >= 11 is 0. The average molecular weight is 329 g/mol. The lowest BCUT2D eigenvalue weighted by molar-refractivity contribution is 0.0941. The molecule has 1 amide bonds. The van der Waals surface area contributed by atoms with Crippen molar-refractivity contribution in [3.63, 3.8) is 0 Å². The Labute approximate surface area is 142 Å². The molecule has 1 saturated carbocycles. The van der Waals surface area contributed by atoms with Crippen LogP contribution in [0.25, 0.3) is 0 Å². The van der Waals surface area contributed by atoms with Crippen molar-refractivity contribution in [2.24, 2.45) is 0 Å². The Balaban J connectivity index is 1.80. The smallest absolute Gasteiger partial charge is 0.255 e. The zero-order chi connectivity index (χ0) is 17.3. The molecule has 0 bridgehead atoms. The highest BCUT2D eigenvalue weighted by molar-refractivity contribution is 5.96. The van der Waals surface area contributed by atoms with Gasteiger partial charge in [-0.15, -0.1) is 0 Å². The average Bonchev–Trinajstić information content (AvgIpc) is 3.12. The molecule has 4 heteroatoms. The van der Waals surface area contributed by atoms with Gasteiger partial charge in [0.2, 0.25) is 0 Å². The highest BCUT2D eigenvalue weighted by Crippen LogP contribution is 2.40. The van der Waals surface area contributed by atoms with Gasteiger partial charge in [0.05, 0.1) is 5.56 Å². The van der Waals surface area contributed by atoms with E-state index in [1.807, 2.05) is 32.9 Å². The highest BCUT2D eigenvalue weighted by atomic mass is 19.1. The number of carbonyl (C=O) groups is 1. The maximum absolute atomic E-state index is 13.2. The van der Waals surface area contributed by atoms with Gasteiger partial charge in [0, 0.05) is 17.5 Å². The maximum atomic E-state index is 13.2. The van der Waals surface area contributed by atoms with Gasteiger partial charge in [0.1, 0.15) is 17.3 Å². The summed E-state index contributed by atoms with van der Waals surface area (Å²) in [4.78, 5) is 12.7. The van der Waals surface area contributed by atoms with Crippen LogP contribution in [0.4, 0.5) is 4.39 Å². The fraction of sp³-hybridized carbons (Fsp3) is 0.450. The second-order valence-electron chi connectivity index (χ2n) is 6.89. The monoisotopic (exact) mass is 329 g/mol. The fourth-order valence-corrected chi connectivity index (χ4v) is 3.89. The van der Waals surface area contributed by atoms with Crippen molar-refractivity contribution in [2.75, 3.05) is 6.54 Å². The molecule has 1 aromatic carbocycles. The van der Waals surface area contributed by atoms with Crippen LogP contribution in [0, 0.1) is 26.6 Å². The van der Waals surface area contributed by atoms with E-state index in [2.05, 4.69) is 5.32 Å². The van der Waals surface area contributed by atoms with Crippen LogP contribution in [-0.2, 0) is 5.41 Å². The summed E-state index contributed by atoms with van der Waals surface area (Å²) in [6.45, 7) is 6.17. The first-order valence-corrected chi connectivity index (χ1v) is 8.54. The molecule has 2 aromatic rings. The van der Waals surface area contributed by atoms with Gasteiger partial charge in [0.25, 0.3) is 5.91 Å². The van der Waals surface area contributed by atoms with Gasteiger partial charge in [-0.2, -0.15) is 0 Å². The summed E-state index contributed by atoms with van der Waals surface area (Å²) in [5, 5.41) is 3.10. The summed E-state index contributed by atoms with van der Waals surface area (Å²) in [5.74, 6) is 1.13. The first kappa shape index (κ1) is 16.7. The lowest BCUT2D eigenvalue weighted by atomic mass is 9.78. The van der Waals surface area contributed by atoms with Gasteiger partial charge in [-0.1, -0.05) is 25.0 Å². The van der Waals surface area contributed by atoms with Crippen LogP contribution in [0.2, 0.25) is 0 Å². The van der Waals surface area contributed by atoms with Gasteiger partial charge < -0.3 is 9.73 Å². The molecule has 1 N–H and O–H groups in total. The molecular formula is C20H24FNO2. The van der Waals surface area contributed by atoms with Crippen LogP contribution in [0.3, 0.4) is 0 Å². The van der Waals surface area contributed by atoms with Crippen molar-refractivity contribution in [2.45, 2.75) is 51.9 Å². The lowest BCUT2D eigenvalue weighted by Crippen LogP contribution is -2.39. The van der Waals surface area contributed by atoms with Crippen LogP contribution in [0.5, 0.6) is 0 Å². The molecule has 0 aliphatic heterocycles. The molecule has 128 valence electrons. The normalized spacial score (nSPS) is 16.3. The predicted octanol–water partition coefficient (Wildman–Crippen LogP) is 4.59. The third kappa shape index (κ3) is 2.97. The summed E-state index contributed by atoms with van der Waals surface area (Å²) in [6, 6.07) is 6.71. The molecule has 3 nitrogen and oxygen atoms in total. The minimum absolute atomic E-state index is 0.0877. The van der Waals surface area contributed by atoms with E-state index < -0.39 is 0 Å². The van der Waals surface area contributed by atoms with E-state index in [4.69, 9.17) is 4.42 Å². The van der Waals surface area contributed by atoms with E-state index in [1.54, 1.807) is 0 Å². The molecule has 1 fully saturated rings. The van der Waals surface area contributed by atoms with Gasteiger partial charge in [-0.25, -0.2) is 4.39 Å². The lowest BCUT2D eigenvalue weighted by Gasteiger charge is -2.30. The summed E-state index contributed by atoms with van der Waals surface area (Å²) in [7, 11) is 0. The summed E-state index contributed by atoms with van der Waals surface area (Å²) in [5.41, 5.74) is 2.55. The van der Waals surface area contributed by atoms with Gasteiger partial charge in [-0.05, 0) is 51.3 Å². The number of benzene rings is 1. The van der Waals surface area contributed by atoms with Crippen LogP contribution in [0.15, 0.2) is 28.7 Å². The zero-order valence-electron chi connectivity index (χ0n) is 14.5. The molecule has 1 heterocycles. The Bertz CT molecular complexity index is 740. The Hall–Kier alpha value is -2.10. The van der Waals surface area contributed by atoms with Crippen molar-refractivity contribution in [3.05, 3.63) is 58.3 Å². The number of hydrogen-bond donors (Lipinski definition) is 1. The molecule has 0 saturated heterocycles. The Morgan fingerprint density at radius 2 is 1.75 bits per heavy atom. The van der Waals surface area contributed by atoms with Crippen LogP contribution >= 0.6 is 0 Å². The molecule has 0 unspecified atom stereocenters. The van der Waals surface area contributed by atoms with E-state index in [1.165, 1.54) is 12.1 Å². The fourth-order valence-electron chi connectivity index (χ4n) is 3.89. The number of halogens is 1. The molecular weight excluding hydrogens is 305 g/mol. The van der Waals surface area contributed by atoms with Crippen molar-refractivity contribution in [1.82, 2.24) is 5.32 Å². The SMILES string of the molecule is Cc1oc(C)c(C(=O)NCC2(c3ccc(F)cc3)CCCC2)c1C. The number of aryl methyl sites for hydroxylation is 2. The van der Waals surface area contributed by atoms with Gasteiger partial charge in [-0.3, -0.25) is 4.79 Å². The molecule has 0 spiro atoms. The molecule has 1 aliphatic carbocycles. The third-order valence-corrected chi connectivity index (χ3v) is 5.39. The molecule has 0 radical (unpaired) electrons. The highest BCUT2D eigenvalue weighted by Gasteiger charge is 2.36. The molecule has 0 atom stereocenters. The Kier molecular flexibility index (Phi) is 4.48. The number of nitrogens with one attached hydrogen (secondary N) is 1. The zero-order valence-corrected chi connectivity index (χ0v) is 14.5.